The molecule has 0 aliphatic carbocycles. The highest BCUT2D eigenvalue weighted by Crippen LogP contribution is 2.31. The molecule has 1 aliphatic heterocycles. The van der Waals surface area contributed by atoms with E-state index in [2.05, 4.69) is 0 Å². The van der Waals surface area contributed by atoms with Crippen molar-refractivity contribution in [1.82, 2.24) is 4.90 Å². The zero-order valence-electron chi connectivity index (χ0n) is 15.6. The van der Waals surface area contributed by atoms with Gasteiger partial charge in [0.05, 0.1) is 19.1 Å². The van der Waals surface area contributed by atoms with Crippen molar-refractivity contribution in [3.8, 4) is 11.5 Å². The molecule has 8 nitrogen and oxygen atoms in total. The molecule has 0 aromatic heterocycles. The molecule has 9 heteroatoms. The Morgan fingerprint density at radius 2 is 1.71 bits per heavy atom. The zero-order valence-corrected chi connectivity index (χ0v) is 15.6. The molecule has 0 N–H and O–H groups in total. The lowest BCUT2D eigenvalue weighted by molar-refractivity contribution is -0.384. The van der Waals surface area contributed by atoms with Crippen molar-refractivity contribution in [2.75, 3.05) is 45.3 Å². The van der Waals surface area contributed by atoms with Gasteiger partial charge in [-0.15, -0.1) is 0 Å². The minimum atomic E-state index is -0.538. The number of nitro groups is 1. The molecule has 148 valence electrons. The molecular formula is C19H20FN3O5. The fraction of sp³-hybridized carbons (Fsp3) is 0.316. The molecule has 0 bridgehead atoms. The molecule has 0 unspecified atom stereocenters. The van der Waals surface area contributed by atoms with Gasteiger partial charge >= 0.3 is 0 Å². The fourth-order valence-corrected chi connectivity index (χ4v) is 3.21. The number of amides is 1. The van der Waals surface area contributed by atoms with E-state index in [1.807, 2.05) is 0 Å². The van der Waals surface area contributed by atoms with E-state index in [4.69, 9.17) is 9.47 Å². The molecule has 1 aliphatic rings. The first-order valence-electron chi connectivity index (χ1n) is 8.64. The van der Waals surface area contributed by atoms with Crippen LogP contribution in [0.3, 0.4) is 0 Å². The number of carbonyl (C=O) groups is 1. The molecule has 2 aromatic rings. The third kappa shape index (κ3) is 3.83. The molecule has 3 rings (SSSR count). The Balaban J connectivity index is 1.73. The van der Waals surface area contributed by atoms with E-state index in [0.29, 0.717) is 43.2 Å². The van der Waals surface area contributed by atoms with Gasteiger partial charge in [-0.1, -0.05) is 0 Å². The Bertz CT molecular complexity index is 897. The van der Waals surface area contributed by atoms with E-state index in [-0.39, 0.29) is 17.3 Å². The van der Waals surface area contributed by atoms with Crippen LogP contribution in [0, 0.1) is 15.9 Å². The highest BCUT2D eigenvalue weighted by molar-refractivity contribution is 5.95. The van der Waals surface area contributed by atoms with Crippen LogP contribution in [0.25, 0.3) is 0 Å². The van der Waals surface area contributed by atoms with Crippen LogP contribution >= 0.6 is 0 Å². The molecule has 2 aromatic carbocycles. The summed E-state index contributed by atoms with van der Waals surface area (Å²) in [5, 5.41) is 11.2. The second-order valence-corrected chi connectivity index (χ2v) is 6.24. The predicted molar refractivity (Wildman–Crippen MR) is 101 cm³/mol. The third-order valence-corrected chi connectivity index (χ3v) is 4.67. The Morgan fingerprint density at radius 1 is 1.04 bits per heavy atom. The zero-order chi connectivity index (χ0) is 20.3. The summed E-state index contributed by atoms with van der Waals surface area (Å²) in [5.41, 5.74) is 0.534. The van der Waals surface area contributed by atoms with Gasteiger partial charge in [0.1, 0.15) is 11.5 Å². The van der Waals surface area contributed by atoms with E-state index in [1.54, 1.807) is 28.0 Å². The first kappa shape index (κ1) is 19.4. The number of hydrogen-bond donors (Lipinski definition) is 0. The van der Waals surface area contributed by atoms with Gasteiger partial charge in [0.2, 0.25) is 0 Å². The van der Waals surface area contributed by atoms with E-state index in [9.17, 15) is 19.3 Å². The van der Waals surface area contributed by atoms with Crippen LogP contribution in [0.15, 0.2) is 36.4 Å². The molecule has 0 spiro atoms. The van der Waals surface area contributed by atoms with Crippen LogP contribution in [0.1, 0.15) is 10.4 Å². The molecule has 1 heterocycles. The standard InChI is InChI=1S/C19H20FN3O5/c1-27-17-6-3-13(11-18(17)28-2)19(24)22-9-7-21(8-10-22)16-12-14(20)4-5-15(16)23(25)26/h3-6,11-12H,7-10H2,1-2H3. The van der Waals surface area contributed by atoms with Gasteiger partial charge in [-0.05, 0) is 24.3 Å². The first-order chi connectivity index (χ1) is 13.4. The molecule has 0 radical (unpaired) electrons. The van der Waals surface area contributed by atoms with Gasteiger partial charge in [0.25, 0.3) is 11.6 Å². The maximum atomic E-state index is 13.6. The molecule has 1 fully saturated rings. The minimum Gasteiger partial charge on any atom is -0.493 e. The Morgan fingerprint density at radius 3 is 2.32 bits per heavy atom. The van der Waals surface area contributed by atoms with Crippen molar-refractivity contribution in [2.24, 2.45) is 0 Å². The lowest BCUT2D eigenvalue weighted by Crippen LogP contribution is -2.49. The molecule has 1 saturated heterocycles. The quantitative estimate of drug-likeness (QED) is 0.577. The second kappa shape index (κ2) is 8.12. The number of ether oxygens (including phenoxy) is 2. The van der Waals surface area contributed by atoms with Gasteiger partial charge in [-0.3, -0.25) is 14.9 Å². The number of anilines is 1. The predicted octanol–water partition coefficient (Wildman–Crippen LogP) is 2.71. The highest BCUT2D eigenvalue weighted by Gasteiger charge is 2.27. The highest BCUT2D eigenvalue weighted by atomic mass is 19.1. The summed E-state index contributed by atoms with van der Waals surface area (Å²) in [6.07, 6.45) is 0. The van der Waals surface area contributed by atoms with Gasteiger partial charge in [-0.2, -0.15) is 0 Å². The second-order valence-electron chi connectivity index (χ2n) is 6.24. The lowest BCUT2D eigenvalue weighted by atomic mass is 10.1. The van der Waals surface area contributed by atoms with Gasteiger partial charge in [-0.25, -0.2) is 4.39 Å². The first-order valence-corrected chi connectivity index (χ1v) is 8.64. The minimum absolute atomic E-state index is 0.152. The maximum Gasteiger partial charge on any atom is 0.292 e. The van der Waals surface area contributed by atoms with Gasteiger partial charge < -0.3 is 19.3 Å². The number of methoxy groups -OCH3 is 2. The van der Waals surface area contributed by atoms with E-state index in [1.165, 1.54) is 14.2 Å². The van der Waals surface area contributed by atoms with Crippen LogP contribution in [0.4, 0.5) is 15.8 Å². The number of nitrogens with zero attached hydrogens (tertiary/aromatic N) is 3. The average molecular weight is 389 g/mol. The maximum absolute atomic E-state index is 13.6. The molecule has 0 atom stereocenters. The van der Waals surface area contributed by atoms with Crippen LogP contribution in [0.2, 0.25) is 0 Å². The summed E-state index contributed by atoms with van der Waals surface area (Å²) in [4.78, 5) is 26.8. The van der Waals surface area contributed by atoms with Crippen molar-refractivity contribution >= 4 is 17.3 Å². The number of benzene rings is 2. The summed E-state index contributed by atoms with van der Waals surface area (Å²) in [7, 11) is 3.01. The Labute approximate surface area is 161 Å². The SMILES string of the molecule is COc1ccc(C(=O)N2CCN(c3cc(F)ccc3[N+](=O)[O-])CC2)cc1OC. The molecule has 1 amide bonds. The van der Waals surface area contributed by atoms with Gasteiger partial charge in [0, 0.05) is 43.9 Å². The van der Waals surface area contributed by atoms with E-state index in [0.717, 1.165) is 18.2 Å². The van der Waals surface area contributed by atoms with Crippen molar-refractivity contribution in [3.05, 3.63) is 57.9 Å². The average Bonchev–Trinajstić information content (AvgIpc) is 2.72. The number of carbonyl (C=O) groups excluding carboxylic acids is 1. The van der Waals surface area contributed by atoms with Gasteiger partial charge in [0.15, 0.2) is 11.5 Å². The van der Waals surface area contributed by atoms with Crippen molar-refractivity contribution in [2.45, 2.75) is 0 Å². The fourth-order valence-electron chi connectivity index (χ4n) is 3.21. The van der Waals surface area contributed by atoms with Crippen molar-refractivity contribution in [1.29, 1.82) is 0 Å². The molecular weight excluding hydrogens is 369 g/mol. The summed E-state index contributed by atoms with van der Waals surface area (Å²) in [5.74, 6) is 0.281. The topological polar surface area (TPSA) is 85.2 Å². The van der Waals surface area contributed by atoms with Crippen molar-refractivity contribution < 1.29 is 23.6 Å². The largest absolute Gasteiger partial charge is 0.493 e. The summed E-state index contributed by atoms with van der Waals surface area (Å²) >= 11 is 0. The van der Waals surface area contributed by atoms with Crippen LogP contribution in [0.5, 0.6) is 11.5 Å². The third-order valence-electron chi connectivity index (χ3n) is 4.67. The number of nitro benzene ring substituents is 1. The smallest absolute Gasteiger partial charge is 0.292 e. The Hall–Kier alpha value is -3.36. The molecule has 0 saturated carbocycles. The van der Waals surface area contributed by atoms with Crippen LogP contribution in [-0.2, 0) is 0 Å². The number of hydrogen-bond acceptors (Lipinski definition) is 6. The van der Waals surface area contributed by atoms with Crippen molar-refractivity contribution in [3.63, 3.8) is 0 Å². The summed E-state index contributed by atoms with van der Waals surface area (Å²) in [6, 6.07) is 8.32. The van der Waals surface area contributed by atoms with Crippen LogP contribution in [-0.4, -0.2) is 56.1 Å². The summed E-state index contributed by atoms with van der Waals surface area (Å²) in [6.45, 7) is 1.45. The number of piperazine rings is 1. The number of rotatable bonds is 5. The van der Waals surface area contributed by atoms with E-state index >= 15 is 0 Å². The molecule has 28 heavy (non-hydrogen) atoms. The van der Waals surface area contributed by atoms with Crippen LogP contribution < -0.4 is 14.4 Å². The lowest BCUT2D eigenvalue weighted by Gasteiger charge is -2.35. The Kier molecular flexibility index (Phi) is 5.62. The van der Waals surface area contributed by atoms with E-state index < -0.39 is 10.7 Å². The summed E-state index contributed by atoms with van der Waals surface area (Å²) < 4.78 is 24.0. The monoisotopic (exact) mass is 389 g/mol. The normalized spacial score (nSPS) is 14.0. The number of halogens is 1.